The third-order valence-electron chi connectivity index (χ3n) is 3.00. The Morgan fingerprint density at radius 2 is 2.21 bits per heavy atom. The summed E-state index contributed by atoms with van der Waals surface area (Å²) in [5.74, 6) is -0.307. The summed E-state index contributed by atoms with van der Waals surface area (Å²) in [6, 6.07) is 4.13. The molecule has 5 heteroatoms. The zero-order chi connectivity index (χ0) is 14.4. The number of hydrogen-bond acceptors (Lipinski definition) is 3. The molecule has 0 aromatic heterocycles. The maximum atomic E-state index is 13.3. The van der Waals surface area contributed by atoms with Crippen molar-refractivity contribution in [3.8, 4) is 5.75 Å². The van der Waals surface area contributed by atoms with Gasteiger partial charge in [-0.1, -0.05) is 6.92 Å². The van der Waals surface area contributed by atoms with E-state index in [-0.39, 0.29) is 17.6 Å². The standard InChI is InChI=1S/C14H21FN2O2/c1-4-17(9-10(2)8-16)14(18)11-5-6-12(15)13(7-11)19-3/h5-7,10H,4,8-9,16H2,1-3H3. The van der Waals surface area contributed by atoms with Crippen LogP contribution < -0.4 is 10.5 Å². The Morgan fingerprint density at radius 1 is 1.53 bits per heavy atom. The number of rotatable bonds is 6. The Bertz CT molecular complexity index is 437. The summed E-state index contributed by atoms with van der Waals surface area (Å²) < 4.78 is 18.2. The van der Waals surface area contributed by atoms with Crippen LogP contribution in [0.5, 0.6) is 5.75 Å². The van der Waals surface area contributed by atoms with Crippen molar-refractivity contribution in [2.24, 2.45) is 11.7 Å². The van der Waals surface area contributed by atoms with Crippen molar-refractivity contribution in [1.29, 1.82) is 0 Å². The van der Waals surface area contributed by atoms with Crippen LogP contribution in [0.2, 0.25) is 0 Å². The third kappa shape index (κ3) is 3.92. The molecule has 1 aromatic rings. The summed E-state index contributed by atoms with van der Waals surface area (Å²) in [7, 11) is 1.38. The van der Waals surface area contributed by atoms with Gasteiger partial charge in [0.1, 0.15) is 0 Å². The molecule has 0 spiro atoms. The lowest BCUT2D eigenvalue weighted by Crippen LogP contribution is -2.36. The topological polar surface area (TPSA) is 55.6 Å². The summed E-state index contributed by atoms with van der Waals surface area (Å²) in [5.41, 5.74) is 5.99. The van der Waals surface area contributed by atoms with Crippen molar-refractivity contribution in [3.05, 3.63) is 29.6 Å². The molecule has 0 saturated carbocycles. The molecule has 1 rings (SSSR count). The van der Waals surface area contributed by atoms with E-state index in [4.69, 9.17) is 10.5 Å². The van der Waals surface area contributed by atoms with Gasteiger partial charge >= 0.3 is 0 Å². The van der Waals surface area contributed by atoms with Gasteiger partial charge in [0.25, 0.3) is 5.91 Å². The van der Waals surface area contributed by atoms with Crippen molar-refractivity contribution in [2.45, 2.75) is 13.8 Å². The number of nitrogens with two attached hydrogens (primary N) is 1. The molecule has 0 fully saturated rings. The molecular weight excluding hydrogens is 247 g/mol. The minimum absolute atomic E-state index is 0.0776. The van der Waals surface area contributed by atoms with Crippen LogP contribution in [0.4, 0.5) is 4.39 Å². The molecule has 0 aliphatic rings. The van der Waals surface area contributed by atoms with Gasteiger partial charge in [-0.15, -0.1) is 0 Å². The van der Waals surface area contributed by atoms with Gasteiger partial charge in [0.15, 0.2) is 11.6 Å². The summed E-state index contributed by atoms with van der Waals surface area (Å²) in [4.78, 5) is 14.0. The lowest BCUT2D eigenvalue weighted by atomic mass is 10.1. The summed E-state index contributed by atoms with van der Waals surface area (Å²) >= 11 is 0. The van der Waals surface area contributed by atoms with Gasteiger partial charge in [-0.05, 0) is 37.6 Å². The molecule has 106 valence electrons. The fraction of sp³-hybridized carbons (Fsp3) is 0.500. The average Bonchev–Trinajstić information content (AvgIpc) is 2.44. The fourth-order valence-corrected chi connectivity index (χ4v) is 1.78. The molecule has 4 nitrogen and oxygen atoms in total. The van der Waals surface area contributed by atoms with E-state index in [0.717, 1.165) is 0 Å². The largest absolute Gasteiger partial charge is 0.494 e. The Hall–Kier alpha value is -1.62. The van der Waals surface area contributed by atoms with Gasteiger partial charge in [-0.2, -0.15) is 0 Å². The predicted molar refractivity (Wildman–Crippen MR) is 72.7 cm³/mol. The predicted octanol–water partition coefficient (Wildman–Crippen LogP) is 1.89. The highest BCUT2D eigenvalue weighted by molar-refractivity contribution is 5.94. The first-order chi connectivity index (χ1) is 9.03. The third-order valence-corrected chi connectivity index (χ3v) is 3.00. The van der Waals surface area contributed by atoms with Crippen molar-refractivity contribution in [1.82, 2.24) is 4.90 Å². The molecule has 19 heavy (non-hydrogen) atoms. The molecule has 0 aliphatic heterocycles. The van der Waals surface area contributed by atoms with Crippen LogP contribution in [0.15, 0.2) is 18.2 Å². The van der Waals surface area contributed by atoms with Crippen molar-refractivity contribution in [2.75, 3.05) is 26.7 Å². The zero-order valence-corrected chi connectivity index (χ0v) is 11.6. The molecule has 0 heterocycles. The maximum absolute atomic E-state index is 13.3. The first-order valence-electron chi connectivity index (χ1n) is 6.36. The number of carbonyl (C=O) groups is 1. The van der Waals surface area contributed by atoms with E-state index in [0.29, 0.717) is 25.2 Å². The Labute approximate surface area is 113 Å². The summed E-state index contributed by atoms with van der Waals surface area (Å²) in [5, 5.41) is 0. The van der Waals surface area contributed by atoms with Gasteiger partial charge < -0.3 is 15.4 Å². The lowest BCUT2D eigenvalue weighted by Gasteiger charge is -2.24. The van der Waals surface area contributed by atoms with E-state index in [1.807, 2.05) is 13.8 Å². The summed E-state index contributed by atoms with van der Waals surface area (Å²) in [6.07, 6.45) is 0. The molecular formula is C14H21FN2O2. The minimum atomic E-state index is -0.475. The van der Waals surface area contributed by atoms with Gasteiger partial charge in [-0.25, -0.2) is 4.39 Å². The van der Waals surface area contributed by atoms with E-state index in [1.165, 1.54) is 25.3 Å². The highest BCUT2D eigenvalue weighted by Gasteiger charge is 2.17. The second-order valence-electron chi connectivity index (χ2n) is 4.53. The molecule has 0 saturated heterocycles. The first-order valence-corrected chi connectivity index (χ1v) is 6.36. The quantitative estimate of drug-likeness (QED) is 0.857. The second kappa shape index (κ2) is 7.09. The van der Waals surface area contributed by atoms with E-state index in [9.17, 15) is 9.18 Å². The number of amides is 1. The van der Waals surface area contributed by atoms with Crippen molar-refractivity contribution >= 4 is 5.91 Å². The van der Waals surface area contributed by atoms with Gasteiger partial charge in [0.2, 0.25) is 0 Å². The van der Waals surface area contributed by atoms with Crippen molar-refractivity contribution < 1.29 is 13.9 Å². The fourth-order valence-electron chi connectivity index (χ4n) is 1.78. The smallest absolute Gasteiger partial charge is 0.253 e. The number of hydrogen-bond donors (Lipinski definition) is 1. The van der Waals surface area contributed by atoms with E-state index >= 15 is 0 Å². The van der Waals surface area contributed by atoms with E-state index < -0.39 is 5.82 Å². The van der Waals surface area contributed by atoms with Crippen LogP contribution in [-0.4, -0.2) is 37.6 Å². The number of methoxy groups -OCH3 is 1. The van der Waals surface area contributed by atoms with Gasteiger partial charge in [0.05, 0.1) is 7.11 Å². The highest BCUT2D eigenvalue weighted by atomic mass is 19.1. The Morgan fingerprint density at radius 3 is 2.74 bits per heavy atom. The molecule has 2 N–H and O–H groups in total. The Kier molecular flexibility index (Phi) is 5.76. The van der Waals surface area contributed by atoms with E-state index in [2.05, 4.69) is 0 Å². The number of halogens is 1. The van der Waals surface area contributed by atoms with Crippen molar-refractivity contribution in [3.63, 3.8) is 0 Å². The first kappa shape index (κ1) is 15.4. The zero-order valence-electron chi connectivity index (χ0n) is 11.6. The van der Waals surface area contributed by atoms with Crippen LogP contribution in [0.1, 0.15) is 24.2 Å². The SMILES string of the molecule is CCN(CC(C)CN)C(=O)c1ccc(F)c(OC)c1. The van der Waals surface area contributed by atoms with E-state index in [1.54, 1.807) is 4.90 Å². The maximum Gasteiger partial charge on any atom is 0.253 e. The lowest BCUT2D eigenvalue weighted by molar-refractivity contribution is 0.0743. The van der Waals surface area contributed by atoms with Gasteiger partial charge in [-0.3, -0.25) is 4.79 Å². The molecule has 0 bridgehead atoms. The second-order valence-corrected chi connectivity index (χ2v) is 4.53. The normalized spacial score (nSPS) is 12.1. The monoisotopic (exact) mass is 268 g/mol. The van der Waals surface area contributed by atoms with Crippen LogP contribution in [0, 0.1) is 11.7 Å². The van der Waals surface area contributed by atoms with Crippen LogP contribution in [0.3, 0.4) is 0 Å². The van der Waals surface area contributed by atoms with Gasteiger partial charge in [0, 0.05) is 18.7 Å². The molecule has 1 aromatic carbocycles. The number of ether oxygens (including phenoxy) is 1. The van der Waals surface area contributed by atoms with Crippen LogP contribution in [0.25, 0.3) is 0 Å². The summed E-state index contributed by atoms with van der Waals surface area (Å²) in [6.45, 7) is 5.59. The highest BCUT2D eigenvalue weighted by Crippen LogP contribution is 2.19. The molecule has 1 unspecified atom stereocenters. The number of nitrogens with zero attached hydrogens (tertiary/aromatic N) is 1. The minimum Gasteiger partial charge on any atom is -0.494 e. The number of benzene rings is 1. The average molecular weight is 268 g/mol. The molecule has 1 atom stereocenters. The molecule has 0 radical (unpaired) electrons. The Balaban J connectivity index is 2.91. The van der Waals surface area contributed by atoms with Crippen LogP contribution >= 0.6 is 0 Å². The molecule has 1 amide bonds. The van der Waals surface area contributed by atoms with Crippen LogP contribution in [-0.2, 0) is 0 Å². The molecule has 0 aliphatic carbocycles. The number of carbonyl (C=O) groups excluding carboxylic acids is 1.